The minimum atomic E-state index is -0.289. The maximum Gasteiger partial charge on any atom is 0.253 e. The van der Waals surface area contributed by atoms with Crippen molar-refractivity contribution in [2.75, 3.05) is 0 Å². The number of hydrogen-bond acceptors (Lipinski definition) is 1. The Morgan fingerprint density at radius 1 is 0.897 bits per heavy atom. The largest absolute Gasteiger partial charge is 0.348 e. The van der Waals surface area contributed by atoms with Gasteiger partial charge in [0.05, 0.1) is 11.3 Å². The second-order valence-electron chi connectivity index (χ2n) is 6.87. The van der Waals surface area contributed by atoms with Crippen LogP contribution < -0.4 is 5.32 Å². The standard InChI is InChI=1S/C25H21FN2O/c1-18-23(25(29)27-17-19-12-14-21(26)15-13-19)16-24(20-8-4-2-5-9-20)28(18)22-10-6-3-7-11-22/h2-16H,17H2,1H3,(H,27,29). The summed E-state index contributed by atoms with van der Waals surface area (Å²) in [6.45, 7) is 2.29. The highest BCUT2D eigenvalue weighted by atomic mass is 19.1. The first-order chi connectivity index (χ1) is 14.1. The van der Waals surface area contributed by atoms with Crippen LogP contribution in [-0.4, -0.2) is 10.5 Å². The summed E-state index contributed by atoms with van der Waals surface area (Å²) in [6, 6.07) is 28.1. The number of benzene rings is 3. The number of hydrogen-bond donors (Lipinski definition) is 1. The maximum absolute atomic E-state index is 13.1. The molecule has 0 bridgehead atoms. The first-order valence-corrected chi connectivity index (χ1v) is 9.49. The molecule has 1 aromatic heterocycles. The zero-order valence-electron chi connectivity index (χ0n) is 16.1. The van der Waals surface area contributed by atoms with Gasteiger partial charge in [0.25, 0.3) is 5.91 Å². The molecule has 1 amide bonds. The van der Waals surface area contributed by atoms with Crippen molar-refractivity contribution in [3.8, 4) is 16.9 Å². The third-order valence-electron chi connectivity index (χ3n) is 4.94. The Balaban J connectivity index is 1.69. The van der Waals surface area contributed by atoms with Gasteiger partial charge in [0.15, 0.2) is 0 Å². The molecule has 3 nitrogen and oxygen atoms in total. The molecule has 0 aliphatic carbocycles. The lowest BCUT2D eigenvalue weighted by Crippen LogP contribution is -2.23. The topological polar surface area (TPSA) is 34.0 Å². The molecular weight excluding hydrogens is 363 g/mol. The van der Waals surface area contributed by atoms with Crippen LogP contribution in [0.4, 0.5) is 4.39 Å². The second-order valence-corrected chi connectivity index (χ2v) is 6.87. The molecule has 0 aliphatic heterocycles. The first kappa shape index (κ1) is 18.7. The van der Waals surface area contributed by atoms with Gasteiger partial charge in [0, 0.05) is 17.9 Å². The Morgan fingerprint density at radius 3 is 2.17 bits per heavy atom. The van der Waals surface area contributed by atoms with Gasteiger partial charge < -0.3 is 9.88 Å². The summed E-state index contributed by atoms with van der Waals surface area (Å²) < 4.78 is 15.2. The molecule has 0 unspecified atom stereocenters. The van der Waals surface area contributed by atoms with E-state index in [2.05, 4.69) is 9.88 Å². The molecule has 4 aromatic rings. The number of para-hydroxylation sites is 1. The predicted octanol–water partition coefficient (Wildman–Crippen LogP) is 5.52. The fourth-order valence-electron chi connectivity index (χ4n) is 3.45. The van der Waals surface area contributed by atoms with E-state index in [4.69, 9.17) is 0 Å². The second kappa shape index (κ2) is 8.15. The number of amides is 1. The van der Waals surface area contributed by atoms with Crippen LogP contribution in [0.15, 0.2) is 91.0 Å². The minimum absolute atomic E-state index is 0.154. The Bertz CT molecular complexity index is 1120. The van der Waals surface area contributed by atoms with Gasteiger partial charge in [-0.2, -0.15) is 0 Å². The molecule has 0 atom stereocenters. The van der Waals surface area contributed by atoms with E-state index in [1.54, 1.807) is 12.1 Å². The van der Waals surface area contributed by atoms with Crippen molar-refractivity contribution in [3.05, 3.63) is 114 Å². The summed E-state index contributed by atoms with van der Waals surface area (Å²) in [5.74, 6) is -0.443. The van der Waals surface area contributed by atoms with Gasteiger partial charge in [-0.05, 0) is 48.4 Å². The molecule has 0 aliphatic rings. The number of halogens is 1. The van der Waals surface area contributed by atoms with Crippen molar-refractivity contribution in [1.29, 1.82) is 0 Å². The third-order valence-corrected chi connectivity index (χ3v) is 4.94. The van der Waals surface area contributed by atoms with E-state index >= 15 is 0 Å². The summed E-state index contributed by atoms with van der Waals surface area (Å²) in [4.78, 5) is 12.9. The first-order valence-electron chi connectivity index (χ1n) is 9.49. The average Bonchev–Trinajstić information content (AvgIpc) is 3.11. The van der Waals surface area contributed by atoms with Crippen molar-refractivity contribution < 1.29 is 9.18 Å². The van der Waals surface area contributed by atoms with Crippen molar-refractivity contribution in [2.24, 2.45) is 0 Å². The van der Waals surface area contributed by atoms with Crippen LogP contribution in [0.5, 0.6) is 0 Å². The van der Waals surface area contributed by atoms with E-state index in [1.807, 2.05) is 73.7 Å². The van der Waals surface area contributed by atoms with Crippen molar-refractivity contribution >= 4 is 5.91 Å². The van der Waals surface area contributed by atoms with Crippen molar-refractivity contribution in [3.63, 3.8) is 0 Å². The highest BCUT2D eigenvalue weighted by Crippen LogP contribution is 2.29. The van der Waals surface area contributed by atoms with E-state index in [0.29, 0.717) is 12.1 Å². The van der Waals surface area contributed by atoms with Crippen LogP contribution in [-0.2, 0) is 6.54 Å². The fourth-order valence-corrected chi connectivity index (χ4v) is 3.45. The summed E-state index contributed by atoms with van der Waals surface area (Å²) in [5, 5.41) is 2.94. The Kier molecular flexibility index (Phi) is 5.25. The summed E-state index contributed by atoms with van der Waals surface area (Å²) in [5.41, 5.74) is 5.34. The van der Waals surface area contributed by atoms with Gasteiger partial charge >= 0.3 is 0 Å². The zero-order valence-corrected chi connectivity index (χ0v) is 16.1. The van der Waals surface area contributed by atoms with E-state index in [9.17, 15) is 9.18 Å². The van der Waals surface area contributed by atoms with Crippen molar-refractivity contribution in [1.82, 2.24) is 9.88 Å². The molecular formula is C25H21FN2O. The molecule has 29 heavy (non-hydrogen) atoms. The lowest BCUT2D eigenvalue weighted by atomic mass is 10.1. The predicted molar refractivity (Wildman–Crippen MR) is 114 cm³/mol. The van der Waals surface area contributed by atoms with Crippen LogP contribution in [0.3, 0.4) is 0 Å². The van der Waals surface area contributed by atoms with Gasteiger partial charge in [-0.15, -0.1) is 0 Å². The monoisotopic (exact) mass is 384 g/mol. The molecule has 144 valence electrons. The normalized spacial score (nSPS) is 10.7. The molecule has 0 fully saturated rings. The average molecular weight is 384 g/mol. The number of aromatic nitrogens is 1. The molecule has 3 aromatic carbocycles. The fraction of sp³-hybridized carbons (Fsp3) is 0.0800. The number of carbonyl (C=O) groups excluding carboxylic acids is 1. The Hall–Kier alpha value is -3.66. The van der Waals surface area contributed by atoms with Gasteiger partial charge in [-0.25, -0.2) is 4.39 Å². The molecule has 4 heteroatoms. The van der Waals surface area contributed by atoms with Crippen LogP contribution >= 0.6 is 0 Å². The van der Waals surface area contributed by atoms with Crippen LogP contribution in [0.1, 0.15) is 21.6 Å². The highest BCUT2D eigenvalue weighted by molar-refractivity contribution is 5.97. The van der Waals surface area contributed by atoms with E-state index in [1.165, 1.54) is 12.1 Å². The third kappa shape index (κ3) is 3.97. The number of carbonyl (C=O) groups is 1. The minimum Gasteiger partial charge on any atom is -0.348 e. The number of rotatable bonds is 5. The summed E-state index contributed by atoms with van der Waals surface area (Å²) in [6.07, 6.45) is 0. The molecule has 1 heterocycles. The number of nitrogens with zero attached hydrogens (tertiary/aromatic N) is 1. The quantitative estimate of drug-likeness (QED) is 0.483. The SMILES string of the molecule is Cc1c(C(=O)NCc2ccc(F)cc2)cc(-c2ccccc2)n1-c1ccccc1. The van der Waals surface area contributed by atoms with Gasteiger partial charge in [-0.1, -0.05) is 60.7 Å². The Morgan fingerprint density at radius 2 is 1.52 bits per heavy atom. The van der Waals surface area contributed by atoms with Crippen LogP contribution in [0.2, 0.25) is 0 Å². The lowest BCUT2D eigenvalue weighted by Gasteiger charge is -2.12. The lowest BCUT2D eigenvalue weighted by molar-refractivity contribution is 0.0950. The van der Waals surface area contributed by atoms with Crippen molar-refractivity contribution in [2.45, 2.75) is 13.5 Å². The molecule has 0 spiro atoms. The maximum atomic E-state index is 13.1. The van der Waals surface area contributed by atoms with Gasteiger partial charge in [-0.3, -0.25) is 4.79 Å². The highest BCUT2D eigenvalue weighted by Gasteiger charge is 2.19. The molecule has 0 radical (unpaired) electrons. The van der Waals surface area contributed by atoms with Crippen LogP contribution in [0, 0.1) is 12.7 Å². The van der Waals surface area contributed by atoms with Gasteiger partial charge in [0.1, 0.15) is 5.82 Å². The van der Waals surface area contributed by atoms with E-state index in [0.717, 1.165) is 28.2 Å². The van der Waals surface area contributed by atoms with E-state index < -0.39 is 0 Å². The Labute approximate surface area is 169 Å². The molecule has 0 saturated heterocycles. The van der Waals surface area contributed by atoms with E-state index in [-0.39, 0.29) is 11.7 Å². The zero-order chi connectivity index (χ0) is 20.2. The smallest absolute Gasteiger partial charge is 0.253 e. The molecule has 4 rings (SSSR count). The molecule has 1 N–H and O–H groups in total. The molecule has 0 saturated carbocycles. The van der Waals surface area contributed by atoms with Crippen LogP contribution in [0.25, 0.3) is 16.9 Å². The summed E-state index contributed by atoms with van der Waals surface area (Å²) in [7, 11) is 0. The summed E-state index contributed by atoms with van der Waals surface area (Å²) >= 11 is 0. The number of nitrogens with one attached hydrogen (secondary N) is 1. The van der Waals surface area contributed by atoms with Gasteiger partial charge in [0.2, 0.25) is 0 Å².